The van der Waals surface area contributed by atoms with Crippen molar-refractivity contribution in [3.05, 3.63) is 18.0 Å². The standard InChI is InChI=1S/C18H28N4O4Si/c1-27(25)11-26-16-5-7-22(17(16)24)14-4-6-21(10-15(14)23)18-19-8-13(9-20-18)12-2-3-12/h8-9,12,14-16,23,25,27H,2-7,10-11H2,1H3/t14-,15-,16-,27+/m1/s1. The topological polar surface area (TPSA) is 99.0 Å². The highest BCUT2D eigenvalue weighted by molar-refractivity contribution is 6.48. The number of rotatable bonds is 6. The van der Waals surface area contributed by atoms with Gasteiger partial charge in [-0.2, -0.15) is 0 Å². The maximum atomic E-state index is 12.6. The van der Waals surface area contributed by atoms with E-state index in [9.17, 15) is 14.7 Å². The molecule has 2 aliphatic heterocycles. The molecule has 0 bridgehead atoms. The second-order valence-electron chi connectivity index (χ2n) is 7.95. The van der Waals surface area contributed by atoms with E-state index in [0.29, 0.717) is 50.6 Å². The number of ether oxygens (including phenoxy) is 1. The van der Waals surface area contributed by atoms with E-state index in [-0.39, 0.29) is 11.9 Å². The van der Waals surface area contributed by atoms with Crippen LogP contribution in [-0.2, 0) is 9.53 Å². The molecule has 2 N–H and O–H groups in total. The summed E-state index contributed by atoms with van der Waals surface area (Å²) in [5.41, 5.74) is 1.20. The third kappa shape index (κ3) is 4.16. The number of nitrogens with zero attached hydrogens (tertiary/aromatic N) is 4. The molecular formula is C18H28N4O4Si. The van der Waals surface area contributed by atoms with Crippen LogP contribution in [0.25, 0.3) is 0 Å². The number of hydrogen-bond donors (Lipinski definition) is 2. The molecule has 1 aliphatic carbocycles. The SMILES string of the molecule is C[Si@H](O)CO[C@@H]1CCN([C@@H]2CCN(c3ncc(C4CC4)cn3)C[C@H]2O)C1=O. The Kier molecular flexibility index (Phi) is 5.45. The van der Waals surface area contributed by atoms with Gasteiger partial charge in [-0.3, -0.25) is 4.79 Å². The van der Waals surface area contributed by atoms with Gasteiger partial charge >= 0.3 is 0 Å². The molecular weight excluding hydrogens is 364 g/mol. The number of β-amino-alcohol motifs (C(OH)–C–C–N with tert-alkyl or cyclic N) is 1. The molecule has 3 heterocycles. The summed E-state index contributed by atoms with van der Waals surface area (Å²) in [6.45, 7) is 3.50. The summed E-state index contributed by atoms with van der Waals surface area (Å²) >= 11 is 0. The first-order chi connectivity index (χ1) is 13.0. The fourth-order valence-electron chi connectivity index (χ4n) is 4.00. The lowest BCUT2D eigenvalue weighted by Gasteiger charge is -2.40. The van der Waals surface area contributed by atoms with Gasteiger partial charge < -0.3 is 24.4 Å². The highest BCUT2D eigenvalue weighted by atomic mass is 28.3. The van der Waals surface area contributed by atoms with E-state index in [0.717, 1.165) is 0 Å². The van der Waals surface area contributed by atoms with Crippen LogP contribution in [0.15, 0.2) is 12.4 Å². The smallest absolute Gasteiger partial charge is 0.252 e. The lowest BCUT2D eigenvalue weighted by atomic mass is 10.0. The van der Waals surface area contributed by atoms with Gasteiger partial charge in [-0.15, -0.1) is 0 Å². The minimum atomic E-state index is -1.83. The Bertz CT molecular complexity index is 670. The summed E-state index contributed by atoms with van der Waals surface area (Å²) < 4.78 is 5.57. The fourth-order valence-corrected chi connectivity index (χ4v) is 4.51. The number of aliphatic hydroxyl groups excluding tert-OH is 1. The molecule has 3 aliphatic rings. The Morgan fingerprint density at radius 1 is 1.22 bits per heavy atom. The molecule has 4 rings (SSSR count). The zero-order valence-electron chi connectivity index (χ0n) is 15.7. The van der Waals surface area contributed by atoms with Gasteiger partial charge in [0.2, 0.25) is 5.95 Å². The number of likely N-dealkylation sites (tertiary alicyclic amines) is 1. The Labute approximate surface area is 160 Å². The van der Waals surface area contributed by atoms with E-state index in [2.05, 4.69) is 9.97 Å². The third-order valence-electron chi connectivity index (χ3n) is 5.67. The van der Waals surface area contributed by atoms with E-state index in [1.807, 2.05) is 17.3 Å². The highest BCUT2D eigenvalue weighted by Gasteiger charge is 2.41. The molecule has 1 aromatic rings. The van der Waals surface area contributed by atoms with E-state index in [1.54, 1.807) is 11.4 Å². The second-order valence-corrected chi connectivity index (χ2v) is 9.98. The minimum Gasteiger partial charge on any atom is -0.433 e. The van der Waals surface area contributed by atoms with Crippen LogP contribution in [0.3, 0.4) is 0 Å². The minimum absolute atomic E-state index is 0.0628. The van der Waals surface area contributed by atoms with Crippen molar-refractivity contribution in [2.45, 2.75) is 56.4 Å². The molecule has 0 radical (unpaired) electrons. The van der Waals surface area contributed by atoms with Crippen molar-refractivity contribution in [1.82, 2.24) is 14.9 Å². The summed E-state index contributed by atoms with van der Waals surface area (Å²) in [5, 5.41) is 10.7. The van der Waals surface area contributed by atoms with Gasteiger partial charge in [0.1, 0.15) is 6.10 Å². The van der Waals surface area contributed by atoms with Gasteiger partial charge in [-0.05, 0) is 37.3 Å². The van der Waals surface area contributed by atoms with Crippen LogP contribution in [0.1, 0.15) is 37.2 Å². The van der Waals surface area contributed by atoms with Crippen LogP contribution < -0.4 is 4.90 Å². The molecule has 148 valence electrons. The molecule has 1 saturated carbocycles. The molecule has 4 atom stereocenters. The van der Waals surface area contributed by atoms with Gasteiger partial charge in [-0.25, -0.2) is 9.97 Å². The summed E-state index contributed by atoms with van der Waals surface area (Å²) in [7, 11) is -1.83. The summed E-state index contributed by atoms with van der Waals surface area (Å²) in [6.07, 6.45) is 6.72. The van der Waals surface area contributed by atoms with Gasteiger partial charge in [0, 0.05) is 38.4 Å². The molecule has 3 fully saturated rings. The predicted molar refractivity (Wildman–Crippen MR) is 102 cm³/mol. The average Bonchev–Trinajstić information content (AvgIpc) is 3.44. The molecule has 0 unspecified atom stereocenters. The first-order valence-electron chi connectivity index (χ1n) is 9.88. The zero-order valence-corrected chi connectivity index (χ0v) is 16.9. The van der Waals surface area contributed by atoms with E-state index >= 15 is 0 Å². The number of carbonyl (C=O) groups is 1. The normalized spacial score (nSPS) is 30.0. The molecule has 1 amide bonds. The van der Waals surface area contributed by atoms with Crippen LogP contribution in [0, 0.1) is 0 Å². The number of aromatic nitrogens is 2. The van der Waals surface area contributed by atoms with Gasteiger partial charge in [0.05, 0.1) is 18.4 Å². The number of amides is 1. The van der Waals surface area contributed by atoms with Crippen LogP contribution in [-0.4, -0.2) is 83.8 Å². The number of carbonyl (C=O) groups excluding carboxylic acids is 1. The Balaban J connectivity index is 1.34. The maximum Gasteiger partial charge on any atom is 0.252 e. The van der Waals surface area contributed by atoms with Crippen LogP contribution >= 0.6 is 0 Å². The number of anilines is 1. The zero-order chi connectivity index (χ0) is 19.0. The van der Waals surface area contributed by atoms with Crippen LogP contribution in [0.2, 0.25) is 6.55 Å². The molecule has 8 nitrogen and oxygen atoms in total. The maximum absolute atomic E-state index is 12.6. The van der Waals surface area contributed by atoms with Gasteiger partial charge in [0.25, 0.3) is 5.91 Å². The molecule has 9 heteroatoms. The predicted octanol–water partition coefficient (Wildman–Crippen LogP) is -0.204. The van der Waals surface area contributed by atoms with Crippen molar-refractivity contribution in [3.63, 3.8) is 0 Å². The highest BCUT2D eigenvalue weighted by Crippen LogP contribution is 2.39. The quantitative estimate of drug-likeness (QED) is 0.647. The number of aliphatic hydroxyl groups is 1. The van der Waals surface area contributed by atoms with Crippen molar-refractivity contribution in [2.75, 3.05) is 30.8 Å². The number of hydrogen-bond acceptors (Lipinski definition) is 7. The monoisotopic (exact) mass is 392 g/mol. The Hall–Kier alpha value is -1.55. The van der Waals surface area contributed by atoms with E-state index in [4.69, 9.17) is 4.74 Å². The van der Waals surface area contributed by atoms with E-state index in [1.165, 1.54) is 18.4 Å². The molecule has 2 saturated heterocycles. The van der Waals surface area contributed by atoms with Crippen LogP contribution in [0.5, 0.6) is 0 Å². The lowest BCUT2D eigenvalue weighted by Crippen LogP contribution is -2.55. The van der Waals surface area contributed by atoms with Crippen LogP contribution in [0.4, 0.5) is 5.95 Å². The fraction of sp³-hybridized carbons (Fsp3) is 0.722. The summed E-state index contributed by atoms with van der Waals surface area (Å²) in [6, 6.07) is -0.197. The average molecular weight is 393 g/mol. The third-order valence-corrected chi connectivity index (χ3v) is 6.34. The van der Waals surface area contributed by atoms with Crippen molar-refractivity contribution in [2.24, 2.45) is 0 Å². The van der Waals surface area contributed by atoms with Gasteiger partial charge in [-0.1, -0.05) is 0 Å². The molecule has 0 spiro atoms. The first kappa shape index (κ1) is 18.8. The van der Waals surface area contributed by atoms with E-state index < -0.39 is 21.2 Å². The van der Waals surface area contributed by atoms with Crippen molar-refractivity contribution in [1.29, 1.82) is 0 Å². The van der Waals surface area contributed by atoms with Crippen molar-refractivity contribution < 1.29 is 19.4 Å². The molecule has 1 aromatic heterocycles. The Morgan fingerprint density at radius 3 is 2.59 bits per heavy atom. The molecule has 27 heavy (non-hydrogen) atoms. The second kappa shape index (κ2) is 7.82. The lowest BCUT2D eigenvalue weighted by molar-refractivity contribution is -0.140. The van der Waals surface area contributed by atoms with Gasteiger partial charge in [0.15, 0.2) is 9.04 Å². The number of piperidine rings is 1. The largest absolute Gasteiger partial charge is 0.433 e. The molecule has 0 aromatic carbocycles. The Morgan fingerprint density at radius 2 is 1.96 bits per heavy atom. The summed E-state index contributed by atoms with van der Waals surface area (Å²) in [5.74, 6) is 1.21. The summed E-state index contributed by atoms with van der Waals surface area (Å²) in [4.78, 5) is 34.8. The van der Waals surface area contributed by atoms with Crippen molar-refractivity contribution >= 4 is 20.9 Å². The first-order valence-corrected chi connectivity index (χ1v) is 12.4. The van der Waals surface area contributed by atoms with Crippen molar-refractivity contribution in [3.8, 4) is 0 Å².